The van der Waals surface area contributed by atoms with E-state index >= 15 is 0 Å². The molecule has 0 spiro atoms. The maximum absolute atomic E-state index is 12.7. The molecule has 0 unspecified atom stereocenters. The minimum Gasteiger partial charge on any atom is -0.422 e. The Kier molecular flexibility index (Phi) is 5.46. The van der Waals surface area contributed by atoms with Gasteiger partial charge in [0.05, 0.1) is 6.04 Å². The van der Waals surface area contributed by atoms with E-state index in [1.807, 2.05) is 36.4 Å². The molecule has 0 radical (unpaired) electrons. The molecular formula is C22H21ClN2O3. The lowest BCUT2D eigenvalue weighted by atomic mass is 10.0. The number of fused-ring (bicyclic) bond motifs is 1. The summed E-state index contributed by atoms with van der Waals surface area (Å²) in [6, 6.07) is 16.4. The Bertz CT molecular complexity index is 1060. The van der Waals surface area contributed by atoms with Crippen LogP contribution in [0.2, 0.25) is 5.02 Å². The molecule has 1 atom stereocenters. The number of nitrogens with zero attached hydrogens (tertiary/aromatic N) is 1. The lowest BCUT2D eigenvalue weighted by Gasteiger charge is -2.28. The number of likely N-dealkylation sites (tertiary alicyclic amines) is 1. The van der Waals surface area contributed by atoms with Crippen LogP contribution >= 0.6 is 11.6 Å². The zero-order chi connectivity index (χ0) is 19.5. The zero-order valence-electron chi connectivity index (χ0n) is 15.4. The molecule has 1 aromatic heterocycles. The summed E-state index contributed by atoms with van der Waals surface area (Å²) < 4.78 is 5.28. The van der Waals surface area contributed by atoms with E-state index in [4.69, 9.17) is 16.0 Å². The van der Waals surface area contributed by atoms with Crippen LogP contribution in [-0.4, -0.2) is 30.4 Å². The summed E-state index contributed by atoms with van der Waals surface area (Å²) in [7, 11) is 0. The Balaban J connectivity index is 1.57. The van der Waals surface area contributed by atoms with Crippen LogP contribution in [-0.2, 0) is 0 Å². The third-order valence-corrected chi connectivity index (χ3v) is 5.53. The van der Waals surface area contributed by atoms with Gasteiger partial charge < -0.3 is 9.73 Å². The van der Waals surface area contributed by atoms with Crippen LogP contribution in [0, 0.1) is 0 Å². The summed E-state index contributed by atoms with van der Waals surface area (Å²) in [5, 5.41) is 4.30. The van der Waals surface area contributed by atoms with Crippen molar-refractivity contribution >= 4 is 28.5 Å². The fraction of sp³-hybridized carbons (Fsp3) is 0.273. The molecule has 0 bridgehead atoms. The van der Waals surface area contributed by atoms with Gasteiger partial charge in [0.15, 0.2) is 0 Å². The molecule has 0 aliphatic carbocycles. The van der Waals surface area contributed by atoms with E-state index in [2.05, 4.69) is 10.2 Å². The lowest BCUT2D eigenvalue weighted by molar-refractivity contribution is 0.0934. The van der Waals surface area contributed by atoms with Gasteiger partial charge in [-0.3, -0.25) is 9.69 Å². The fourth-order valence-electron chi connectivity index (χ4n) is 3.74. The van der Waals surface area contributed by atoms with Crippen molar-refractivity contribution in [3.63, 3.8) is 0 Å². The Morgan fingerprint density at radius 1 is 1.11 bits per heavy atom. The quantitative estimate of drug-likeness (QED) is 0.662. The number of para-hydroxylation sites is 1. The summed E-state index contributed by atoms with van der Waals surface area (Å²) in [6.07, 6.45) is 2.26. The highest BCUT2D eigenvalue weighted by Crippen LogP contribution is 2.29. The van der Waals surface area contributed by atoms with Crippen LogP contribution in [0.25, 0.3) is 11.0 Å². The van der Waals surface area contributed by atoms with Crippen molar-refractivity contribution in [3.05, 3.63) is 81.2 Å². The number of rotatable bonds is 5. The molecule has 28 heavy (non-hydrogen) atoms. The summed E-state index contributed by atoms with van der Waals surface area (Å²) in [4.78, 5) is 27.3. The van der Waals surface area contributed by atoms with Crippen LogP contribution in [0.5, 0.6) is 0 Å². The third kappa shape index (κ3) is 3.81. The number of carbonyl (C=O) groups excluding carboxylic acids is 1. The standard InChI is InChI=1S/C22H21ClN2O3/c23-18-9-3-2-8-16(18)19(25-11-5-6-12-25)14-24-21(26)17-13-15-7-1-4-10-20(15)28-22(17)27/h1-4,7-10,13,19H,5-6,11-12,14H2,(H,24,26)/t19-/m0/s1. The molecule has 1 saturated heterocycles. The summed E-state index contributed by atoms with van der Waals surface area (Å²) in [5.41, 5.74) is 0.830. The fourth-order valence-corrected chi connectivity index (χ4v) is 4.00. The molecule has 3 aromatic rings. The van der Waals surface area contributed by atoms with Gasteiger partial charge in [-0.25, -0.2) is 4.79 Å². The topological polar surface area (TPSA) is 62.6 Å². The second-order valence-corrected chi connectivity index (χ2v) is 7.38. The van der Waals surface area contributed by atoms with Crippen LogP contribution in [0.1, 0.15) is 34.8 Å². The van der Waals surface area contributed by atoms with Crippen molar-refractivity contribution in [1.29, 1.82) is 0 Å². The Morgan fingerprint density at radius 2 is 1.82 bits per heavy atom. The third-order valence-electron chi connectivity index (χ3n) is 5.19. The number of nitrogens with one attached hydrogen (secondary N) is 1. The lowest BCUT2D eigenvalue weighted by Crippen LogP contribution is -2.38. The first-order valence-corrected chi connectivity index (χ1v) is 9.81. The summed E-state index contributed by atoms with van der Waals surface area (Å²) >= 11 is 6.42. The summed E-state index contributed by atoms with van der Waals surface area (Å²) in [6.45, 7) is 2.29. The van der Waals surface area contributed by atoms with Crippen molar-refractivity contribution in [3.8, 4) is 0 Å². The first-order valence-electron chi connectivity index (χ1n) is 9.43. The second kappa shape index (κ2) is 8.17. The number of amides is 1. The molecule has 144 valence electrons. The van der Waals surface area contributed by atoms with Crippen LogP contribution in [0.4, 0.5) is 0 Å². The van der Waals surface area contributed by atoms with Gasteiger partial charge in [-0.2, -0.15) is 0 Å². The first kappa shape index (κ1) is 18.7. The first-order chi connectivity index (χ1) is 13.6. The second-order valence-electron chi connectivity index (χ2n) is 6.98. The molecule has 1 amide bonds. The van der Waals surface area contributed by atoms with Crippen molar-refractivity contribution in [2.24, 2.45) is 0 Å². The van der Waals surface area contributed by atoms with Gasteiger partial charge in [0, 0.05) is 17.0 Å². The van der Waals surface area contributed by atoms with Gasteiger partial charge in [-0.05, 0) is 49.7 Å². The molecular weight excluding hydrogens is 376 g/mol. The average Bonchev–Trinajstić information content (AvgIpc) is 3.23. The normalized spacial score (nSPS) is 15.6. The average molecular weight is 397 g/mol. The number of benzene rings is 2. The van der Waals surface area contributed by atoms with Crippen molar-refractivity contribution in [2.45, 2.75) is 18.9 Å². The number of hydrogen-bond acceptors (Lipinski definition) is 4. The maximum atomic E-state index is 12.7. The van der Waals surface area contributed by atoms with Crippen molar-refractivity contribution in [1.82, 2.24) is 10.2 Å². The highest BCUT2D eigenvalue weighted by Gasteiger charge is 2.26. The molecule has 6 heteroatoms. The van der Waals surface area contributed by atoms with Gasteiger partial charge in [0.25, 0.3) is 5.91 Å². The minimum absolute atomic E-state index is 0.0121. The molecule has 1 fully saturated rings. The molecule has 0 saturated carbocycles. The van der Waals surface area contributed by atoms with E-state index < -0.39 is 11.5 Å². The van der Waals surface area contributed by atoms with Gasteiger partial charge >= 0.3 is 5.63 Å². The van der Waals surface area contributed by atoms with Crippen LogP contribution in [0.3, 0.4) is 0 Å². The van der Waals surface area contributed by atoms with E-state index in [-0.39, 0.29) is 11.6 Å². The zero-order valence-corrected chi connectivity index (χ0v) is 16.1. The largest absolute Gasteiger partial charge is 0.422 e. The predicted octanol–water partition coefficient (Wildman–Crippen LogP) is 4.01. The predicted molar refractivity (Wildman–Crippen MR) is 110 cm³/mol. The summed E-state index contributed by atoms with van der Waals surface area (Å²) in [5.74, 6) is -0.434. The highest BCUT2D eigenvalue weighted by atomic mass is 35.5. The smallest absolute Gasteiger partial charge is 0.349 e. The van der Waals surface area contributed by atoms with Crippen LogP contribution in [0.15, 0.2) is 63.8 Å². The highest BCUT2D eigenvalue weighted by molar-refractivity contribution is 6.31. The molecule has 5 nitrogen and oxygen atoms in total. The Labute approximate surface area is 167 Å². The van der Waals surface area contributed by atoms with Crippen molar-refractivity contribution in [2.75, 3.05) is 19.6 Å². The monoisotopic (exact) mass is 396 g/mol. The molecule has 1 N–H and O–H groups in total. The molecule has 1 aliphatic heterocycles. The van der Waals surface area contributed by atoms with Crippen molar-refractivity contribution < 1.29 is 9.21 Å². The minimum atomic E-state index is -0.633. The van der Waals surface area contributed by atoms with Gasteiger partial charge in [0.2, 0.25) is 0 Å². The number of carbonyl (C=O) groups is 1. The van der Waals surface area contributed by atoms with Gasteiger partial charge in [0.1, 0.15) is 11.1 Å². The SMILES string of the molecule is O=C(NC[C@@H](c1ccccc1Cl)N1CCCC1)c1cc2ccccc2oc1=O. The molecule has 4 rings (SSSR count). The van der Waals surface area contributed by atoms with E-state index in [1.165, 1.54) is 0 Å². The van der Waals surface area contributed by atoms with E-state index in [0.29, 0.717) is 17.2 Å². The molecule has 2 heterocycles. The maximum Gasteiger partial charge on any atom is 0.349 e. The van der Waals surface area contributed by atoms with Gasteiger partial charge in [-0.1, -0.05) is 48.0 Å². The molecule has 2 aromatic carbocycles. The number of halogens is 1. The number of hydrogen-bond donors (Lipinski definition) is 1. The van der Waals surface area contributed by atoms with Crippen LogP contribution < -0.4 is 10.9 Å². The van der Waals surface area contributed by atoms with E-state index in [0.717, 1.165) is 36.9 Å². The van der Waals surface area contributed by atoms with Gasteiger partial charge in [-0.15, -0.1) is 0 Å². The molecule has 1 aliphatic rings. The Morgan fingerprint density at radius 3 is 2.61 bits per heavy atom. The van der Waals surface area contributed by atoms with E-state index in [9.17, 15) is 9.59 Å². The Hall–Kier alpha value is -2.63. The van der Waals surface area contributed by atoms with E-state index in [1.54, 1.807) is 18.2 Å².